The van der Waals surface area contributed by atoms with E-state index >= 15 is 0 Å². The number of carbonyl (C=O) groups is 2. The fourth-order valence-electron chi connectivity index (χ4n) is 2.97. The summed E-state index contributed by atoms with van der Waals surface area (Å²) in [6, 6.07) is 5.70. The molecule has 28 heavy (non-hydrogen) atoms. The van der Waals surface area contributed by atoms with E-state index in [1.807, 2.05) is 31.0 Å². The topological polar surface area (TPSA) is 121 Å². The van der Waals surface area contributed by atoms with Crippen molar-refractivity contribution in [3.05, 3.63) is 49.8 Å². The number of hydrogen-bond acceptors (Lipinski definition) is 6. The van der Waals surface area contributed by atoms with Crippen LogP contribution in [0.4, 0.5) is 17.5 Å². The van der Waals surface area contributed by atoms with Gasteiger partial charge in [-0.15, -0.1) is 0 Å². The first-order valence-corrected chi connectivity index (χ1v) is 9.00. The molecule has 3 rings (SSSR count). The lowest BCUT2D eigenvalue weighted by molar-refractivity contribution is -0.138. The van der Waals surface area contributed by atoms with Crippen LogP contribution in [-0.2, 0) is 9.59 Å². The maximum atomic E-state index is 12.1. The Balaban J connectivity index is 1.87. The maximum Gasteiger partial charge on any atom is 0.303 e. The Hall–Kier alpha value is -2.90. The van der Waals surface area contributed by atoms with Gasteiger partial charge in [-0.25, -0.2) is 4.98 Å². The molecule has 0 unspecified atom stereocenters. The van der Waals surface area contributed by atoms with Gasteiger partial charge in [-0.2, -0.15) is 4.98 Å². The number of nitrogens with two attached hydrogens (primary N) is 1. The van der Waals surface area contributed by atoms with Crippen LogP contribution in [0.1, 0.15) is 19.8 Å². The number of nitrogen functional groups attached to an aromatic ring is 1. The summed E-state index contributed by atoms with van der Waals surface area (Å²) in [7, 11) is 0. The highest BCUT2D eigenvalue weighted by Crippen LogP contribution is 2.30. The van der Waals surface area contributed by atoms with Crippen molar-refractivity contribution < 1.29 is 14.7 Å². The molecule has 1 fully saturated rings. The Bertz CT molecular complexity index is 864. The van der Waals surface area contributed by atoms with Crippen LogP contribution in [0.15, 0.2) is 18.2 Å². The second-order valence-electron chi connectivity index (χ2n) is 6.38. The zero-order chi connectivity index (χ0) is 20.1. The summed E-state index contributed by atoms with van der Waals surface area (Å²) < 4.78 is 0. The molecule has 1 aliphatic rings. The van der Waals surface area contributed by atoms with Gasteiger partial charge in [0.05, 0.1) is 11.9 Å². The number of amides is 1. The lowest BCUT2D eigenvalue weighted by Gasteiger charge is -2.26. The minimum atomic E-state index is -1.03. The number of nitrogens with zero attached hydrogens (tertiary/aromatic N) is 3. The van der Waals surface area contributed by atoms with Crippen LogP contribution in [-0.4, -0.2) is 40.0 Å². The molecule has 145 valence electrons. The van der Waals surface area contributed by atoms with Crippen molar-refractivity contribution in [3.8, 4) is 0 Å². The predicted molar refractivity (Wildman–Crippen MR) is 108 cm³/mol. The molecule has 1 aromatic carbocycles. The Morgan fingerprint density at radius 2 is 1.93 bits per heavy atom. The van der Waals surface area contributed by atoms with Crippen LogP contribution in [0.5, 0.6) is 0 Å². The Labute approximate surface area is 164 Å². The van der Waals surface area contributed by atoms with E-state index in [2.05, 4.69) is 40.0 Å². The van der Waals surface area contributed by atoms with Gasteiger partial charge in [0.25, 0.3) is 0 Å². The summed E-state index contributed by atoms with van der Waals surface area (Å²) in [5.41, 5.74) is 7.33. The fourth-order valence-corrected chi connectivity index (χ4v) is 2.97. The quantitative estimate of drug-likeness (QED) is 0.642. The molecule has 8 heteroatoms. The van der Waals surface area contributed by atoms with Gasteiger partial charge in [0.2, 0.25) is 11.9 Å². The summed E-state index contributed by atoms with van der Waals surface area (Å²) in [6.07, 6.45) is 7.76. The second kappa shape index (κ2) is 8.86. The van der Waals surface area contributed by atoms with Gasteiger partial charge in [0.1, 0.15) is 5.82 Å². The molecule has 4 N–H and O–H groups in total. The van der Waals surface area contributed by atoms with E-state index in [9.17, 15) is 9.59 Å². The highest BCUT2D eigenvalue weighted by molar-refractivity contribution is 6.01. The number of carboxylic acids is 1. The third-order valence-corrected chi connectivity index (χ3v) is 4.37. The van der Waals surface area contributed by atoms with E-state index in [0.29, 0.717) is 10.9 Å². The van der Waals surface area contributed by atoms with Crippen molar-refractivity contribution >= 4 is 40.2 Å². The van der Waals surface area contributed by atoms with Gasteiger partial charge in [-0.05, 0) is 50.8 Å². The number of anilines is 3. The van der Waals surface area contributed by atoms with Crippen molar-refractivity contribution in [3.63, 3.8) is 0 Å². The second-order valence-corrected chi connectivity index (χ2v) is 6.38. The van der Waals surface area contributed by atoms with E-state index in [-0.39, 0.29) is 24.6 Å². The summed E-state index contributed by atoms with van der Waals surface area (Å²) in [6.45, 7) is 3.62. The Kier molecular flexibility index (Phi) is 6.28. The number of benzene rings is 1. The highest BCUT2D eigenvalue weighted by atomic mass is 16.4. The number of rotatable bonds is 8. The molecule has 1 saturated carbocycles. The van der Waals surface area contributed by atoms with Gasteiger partial charge in [0.15, 0.2) is 0 Å². The van der Waals surface area contributed by atoms with Gasteiger partial charge >= 0.3 is 5.97 Å². The van der Waals surface area contributed by atoms with Crippen molar-refractivity contribution in [1.29, 1.82) is 0 Å². The average molecular weight is 380 g/mol. The van der Waals surface area contributed by atoms with Crippen LogP contribution >= 0.6 is 0 Å². The largest absolute Gasteiger partial charge is 0.481 e. The van der Waals surface area contributed by atoms with Gasteiger partial charge < -0.3 is 21.1 Å². The maximum absolute atomic E-state index is 12.1. The number of fused-ring (bicyclic) bond motifs is 1. The number of hydrogen-bond donors (Lipinski definition) is 3. The van der Waals surface area contributed by atoms with E-state index in [1.165, 1.54) is 5.92 Å². The number of aliphatic carboxylic acids is 1. The zero-order valence-electron chi connectivity index (χ0n) is 15.6. The smallest absolute Gasteiger partial charge is 0.303 e. The summed E-state index contributed by atoms with van der Waals surface area (Å²) in [5, 5.41) is 12.1. The van der Waals surface area contributed by atoms with E-state index in [0.717, 1.165) is 18.8 Å². The Morgan fingerprint density at radius 3 is 2.61 bits per heavy atom. The molecule has 0 saturated heterocycles. The average Bonchev–Trinajstić information content (AvgIpc) is 3.17. The fraction of sp³-hybridized carbons (Fsp3) is 0.250. The monoisotopic (exact) mass is 380 g/mol. The lowest BCUT2D eigenvalue weighted by atomic mass is 10.1. The molecule has 0 bridgehead atoms. The molecule has 1 aliphatic carbocycles. The van der Waals surface area contributed by atoms with E-state index in [1.54, 1.807) is 0 Å². The van der Waals surface area contributed by atoms with Crippen LogP contribution in [0.25, 0.3) is 10.9 Å². The van der Waals surface area contributed by atoms with Gasteiger partial charge in [-0.3, -0.25) is 9.59 Å². The van der Waals surface area contributed by atoms with Gasteiger partial charge in [0, 0.05) is 36.5 Å². The first-order chi connectivity index (χ1) is 13.5. The molecule has 1 heterocycles. The SMILES string of the molecule is CCN(C[C]1[CH][CH][CH][CH]1)c1ccc2nc(N)nc(NC(=O)CCC(=O)O)c2c1. The number of carbonyl (C=O) groups excluding carboxylic acids is 1. The zero-order valence-corrected chi connectivity index (χ0v) is 15.6. The number of aromatic nitrogens is 2. The minimum Gasteiger partial charge on any atom is -0.481 e. The predicted octanol–water partition coefficient (Wildman–Crippen LogP) is 2.25. The summed E-state index contributed by atoms with van der Waals surface area (Å²) in [4.78, 5) is 33.3. The third-order valence-electron chi connectivity index (χ3n) is 4.37. The van der Waals surface area contributed by atoms with Crippen LogP contribution in [0.3, 0.4) is 0 Å². The van der Waals surface area contributed by atoms with Crippen molar-refractivity contribution in [2.24, 2.45) is 0 Å². The molecule has 0 atom stereocenters. The standard InChI is InChI=1S/C20H22N5O3/c1-2-25(12-13-5-3-4-6-13)14-7-8-16-15(11-14)19(24-20(21)22-16)23-17(26)9-10-18(27)28/h3-8,11H,2,9-10,12H2,1H3,(H,27,28)(H3,21,22,23,24,26). The number of nitrogens with one attached hydrogen (secondary N) is 1. The third kappa shape index (κ3) is 4.88. The van der Waals surface area contributed by atoms with E-state index < -0.39 is 11.9 Å². The molecule has 8 nitrogen and oxygen atoms in total. The van der Waals surface area contributed by atoms with Crippen molar-refractivity contribution in [2.45, 2.75) is 19.8 Å². The normalized spacial score (nSPS) is 14.3. The van der Waals surface area contributed by atoms with Crippen molar-refractivity contribution in [2.75, 3.05) is 29.0 Å². The van der Waals surface area contributed by atoms with Crippen LogP contribution in [0.2, 0.25) is 0 Å². The number of carboxylic acid groups (broad SMARTS) is 1. The minimum absolute atomic E-state index is 0.0397. The molecule has 1 amide bonds. The molecule has 5 radical (unpaired) electrons. The molecule has 1 aromatic heterocycles. The first-order valence-electron chi connectivity index (χ1n) is 9.00. The van der Waals surface area contributed by atoms with Crippen molar-refractivity contribution in [1.82, 2.24) is 9.97 Å². The lowest BCUT2D eigenvalue weighted by Crippen LogP contribution is -2.27. The molecule has 0 spiro atoms. The van der Waals surface area contributed by atoms with Crippen LogP contribution < -0.4 is 16.0 Å². The molecular formula is C20H22N5O3. The molecule has 2 aromatic rings. The highest BCUT2D eigenvalue weighted by Gasteiger charge is 2.20. The summed E-state index contributed by atoms with van der Waals surface area (Å²) >= 11 is 0. The van der Waals surface area contributed by atoms with Gasteiger partial charge in [-0.1, -0.05) is 0 Å². The van der Waals surface area contributed by atoms with Crippen LogP contribution in [0, 0.1) is 31.6 Å². The molecular weight excluding hydrogens is 358 g/mol. The molecule has 0 aliphatic heterocycles. The Morgan fingerprint density at radius 1 is 1.18 bits per heavy atom. The first kappa shape index (κ1) is 19.9. The van der Waals surface area contributed by atoms with E-state index in [4.69, 9.17) is 10.8 Å². The summed E-state index contributed by atoms with van der Waals surface area (Å²) in [5.74, 6) is 0.0617.